The highest BCUT2D eigenvalue weighted by Gasteiger charge is 2.21. The number of aliphatic hydroxyl groups is 1. The van der Waals surface area contributed by atoms with Crippen LogP contribution in [-0.4, -0.2) is 23.1 Å². The number of urea groups is 1. The van der Waals surface area contributed by atoms with Crippen molar-refractivity contribution in [2.75, 3.05) is 12.4 Å². The third-order valence-corrected chi connectivity index (χ3v) is 4.36. The fourth-order valence-electron chi connectivity index (χ4n) is 2.45. The van der Waals surface area contributed by atoms with Crippen molar-refractivity contribution in [1.29, 1.82) is 0 Å². The number of benzene rings is 2. The normalized spacial score (nSPS) is 15.4. The summed E-state index contributed by atoms with van der Waals surface area (Å²) < 4.78 is 0.876. The van der Waals surface area contributed by atoms with Crippen LogP contribution in [-0.2, 0) is 6.54 Å². The van der Waals surface area contributed by atoms with Gasteiger partial charge in [0, 0.05) is 23.8 Å². The minimum Gasteiger partial charge on any atom is -0.384 e. The molecule has 0 fully saturated rings. The maximum absolute atomic E-state index is 11.6. The van der Waals surface area contributed by atoms with Gasteiger partial charge in [-0.05, 0) is 34.9 Å². The van der Waals surface area contributed by atoms with Crippen LogP contribution in [0.5, 0.6) is 0 Å². The second-order valence-electron chi connectivity index (χ2n) is 5.13. The largest absolute Gasteiger partial charge is 0.384 e. The summed E-state index contributed by atoms with van der Waals surface area (Å²) in [7, 11) is 1.75. The summed E-state index contributed by atoms with van der Waals surface area (Å²) in [6.45, 7) is 0.539. The van der Waals surface area contributed by atoms with Gasteiger partial charge in [0.1, 0.15) is 6.10 Å². The molecule has 5 heteroatoms. The molecule has 1 heterocycles. The molecule has 2 amide bonds. The maximum Gasteiger partial charge on any atom is 0.321 e. The SMILES string of the molecule is CN1Cc2cc(C(O)c3ccccc3Br)ccc2NC1=O. The highest BCUT2D eigenvalue weighted by Crippen LogP contribution is 2.31. The van der Waals surface area contributed by atoms with Crippen LogP contribution in [0.2, 0.25) is 0 Å². The Bertz CT molecular complexity index is 702. The van der Waals surface area contributed by atoms with Gasteiger partial charge in [0.2, 0.25) is 0 Å². The minimum absolute atomic E-state index is 0.110. The zero-order valence-electron chi connectivity index (χ0n) is 11.5. The molecule has 0 aliphatic carbocycles. The van der Waals surface area contributed by atoms with Crippen molar-refractivity contribution in [2.45, 2.75) is 12.6 Å². The van der Waals surface area contributed by atoms with Gasteiger partial charge in [-0.15, -0.1) is 0 Å². The van der Waals surface area contributed by atoms with Crippen LogP contribution in [0.1, 0.15) is 22.8 Å². The van der Waals surface area contributed by atoms with E-state index in [-0.39, 0.29) is 6.03 Å². The van der Waals surface area contributed by atoms with Crippen LogP contribution in [0.3, 0.4) is 0 Å². The van der Waals surface area contributed by atoms with E-state index >= 15 is 0 Å². The Labute approximate surface area is 131 Å². The molecule has 0 saturated carbocycles. The Hall–Kier alpha value is -1.85. The van der Waals surface area contributed by atoms with E-state index in [4.69, 9.17) is 0 Å². The number of aliphatic hydroxyl groups excluding tert-OH is 1. The van der Waals surface area contributed by atoms with Gasteiger partial charge in [0.15, 0.2) is 0 Å². The molecule has 4 nitrogen and oxygen atoms in total. The fraction of sp³-hybridized carbons (Fsp3) is 0.188. The number of halogens is 1. The number of hydrogen-bond acceptors (Lipinski definition) is 2. The maximum atomic E-state index is 11.6. The first-order valence-corrected chi connectivity index (χ1v) is 7.43. The lowest BCUT2D eigenvalue weighted by atomic mass is 9.98. The minimum atomic E-state index is -0.700. The van der Waals surface area contributed by atoms with Gasteiger partial charge in [0.05, 0.1) is 0 Å². The molecule has 0 radical (unpaired) electrons. The molecule has 2 aromatic rings. The highest BCUT2D eigenvalue weighted by molar-refractivity contribution is 9.10. The Morgan fingerprint density at radius 1 is 1.29 bits per heavy atom. The molecule has 0 saturated heterocycles. The average Bonchev–Trinajstić information content (AvgIpc) is 2.48. The summed E-state index contributed by atoms with van der Waals surface area (Å²) in [6, 6.07) is 13.1. The fourth-order valence-corrected chi connectivity index (χ4v) is 2.95. The first kappa shape index (κ1) is 14.1. The van der Waals surface area contributed by atoms with E-state index in [1.54, 1.807) is 11.9 Å². The van der Waals surface area contributed by atoms with Crippen molar-refractivity contribution in [3.63, 3.8) is 0 Å². The lowest BCUT2D eigenvalue weighted by molar-refractivity contribution is 0.216. The van der Waals surface area contributed by atoms with E-state index in [9.17, 15) is 9.90 Å². The first-order chi connectivity index (χ1) is 10.1. The molecule has 1 atom stereocenters. The van der Waals surface area contributed by atoms with E-state index in [0.717, 1.165) is 26.9 Å². The predicted molar refractivity (Wildman–Crippen MR) is 85.1 cm³/mol. The zero-order chi connectivity index (χ0) is 15.0. The van der Waals surface area contributed by atoms with Gasteiger partial charge in [-0.25, -0.2) is 4.79 Å². The van der Waals surface area contributed by atoms with E-state index in [0.29, 0.717) is 6.54 Å². The van der Waals surface area contributed by atoms with Gasteiger partial charge in [-0.1, -0.05) is 40.2 Å². The van der Waals surface area contributed by atoms with Crippen molar-refractivity contribution < 1.29 is 9.90 Å². The van der Waals surface area contributed by atoms with Crippen molar-refractivity contribution in [3.05, 3.63) is 63.6 Å². The second-order valence-corrected chi connectivity index (χ2v) is 5.98. The van der Waals surface area contributed by atoms with Gasteiger partial charge in [-0.2, -0.15) is 0 Å². The molecule has 1 unspecified atom stereocenters. The summed E-state index contributed by atoms with van der Waals surface area (Å²) in [6.07, 6.45) is -0.700. The number of amides is 2. The highest BCUT2D eigenvalue weighted by atomic mass is 79.9. The first-order valence-electron chi connectivity index (χ1n) is 6.63. The van der Waals surface area contributed by atoms with Gasteiger partial charge < -0.3 is 15.3 Å². The van der Waals surface area contributed by atoms with Gasteiger partial charge in [-0.3, -0.25) is 0 Å². The van der Waals surface area contributed by atoms with Crippen LogP contribution < -0.4 is 5.32 Å². The standard InChI is InChI=1S/C16H15BrN2O2/c1-19-9-11-8-10(6-7-14(11)18-16(19)21)15(20)12-4-2-3-5-13(12)17/h2-8,15,20H,9H2,1H3,(H,18,21). The molecule has 21 heavy (non-hydrogen) atoms. The number of hydrogen-bond donors (Lipinski definition) is 2. The Kier molecular flexibility index (Phi) is 3.69. The van der Waals surface area contributed by atoms with Crippen molar-refractivity contribution >= 4 is 27.6 Å². The molecular weight excluding hydrogens is 332 g/mol. The van der Waals surface area contributed by atoms with Gasteiger partial charge >= 0.3 is 6.03 Å². The van der Waals surface area contributed by atoms with Crippen LogP contribution in [0.15, 0.2) is 46.9 Å². The number of carbonyl (C=O) groups excluding carboxylic acids is 1. The zero-order valence-corrected chi connectivity index (χ0v) is 13.1. The quantitative estimate of drug-likeness (QED) is 0.874. The Morgan fingerprint density at radius 2 is 2.05 bits per heavy atom. The third-order valence-electron chi connectivity index (χ3n) is 3.64. The van der Waals surface area contributed by atoms with Crippen molar-refractivity contribution in [1.82, 2.24) is 4.90 Å². The lowest BCUT2D eigenvalue weighted by Gasteiger charge is -2.27. The van der Waals surface area contributed by atoms with Crippen LogP contribution >= 0.6 is 15.9 Å². The molecule has 0 aromatic heterocycles. The summed E-state index contributed by atoms with van der Waals surface area (Å²) in [5, 5.41) is 13.4. The van der Waals surface area contributed by atoms with Crippen LogP contribution in [0.4, 0.5) is 10.5 Å². The second kappa shape index (κ2) is 5.50. The van der Waals surface area contributed by atoms with E-state index in [1.807, 2.05) is 42.5 Å². The molecule has 2 aromatic carbocycles. The summed E-state index contributed by atoms with van der Waals surface area (Å²) >= 11 is 3.46. The predicted octanol–water partition coefficient (Wildman–Crippen LogP) is 3.51. The van der Waals surface area contributed by atoms with Crippen molar-refractivity contribution in [2.24, 2.45) is 0 Å². The van der Waals surface area contributed by atoms with Crippen molar-refractivity contribution in [3.8, 4) is 0 Å². The number of carbonyl (C=O) groups is 1. The summed E-state index contributed by atoms with van der Waals surface area (Å²) in [5.41, 5.74) is 3.44. The van der Waals surface area contributed by atoms with E-state index in [1.165, 1.54) is 0 Å². The van der Waals surface area contributed by atoms with Crippen LogP contribution in [0.25, 0.3) is 0 Å². The summed E-state index contributed by atoms with van der Waals surface area (Å²) in [5.74, 6) is 0. The average molecular weight is 347 g/mol. The smallest absolute Gasteiger partial charge is 0.321 e. The third kappa shape index (κ3) is 2.66. The molecule has 0 spiro atoms. The van der Waals surface area contributed by atoms with E-state index in [2.05, 4.69) is 21.2 Å². The molecule has 0 bridgehead atoms. The number of fused-ring (bicyclic) bond motifs is 1. The molecule has 3 rings (SSSR count). The number of anilines is 1. The molecule has 2 N–H and O–H groups in total. The number of nitrogens with one attached hydrogen (secondary N) is 1. The summed E-state index contributed by atoms with van der Waals surface area (Å²) in [4.78, 5) is 13.2. The molecule has 1 aliphatic heterocycles. The van der Waals surface area contributed by atoms with E-state index < -0.39 is 6.10 Å². The Balaban J connectivity index is 1.96. The van der Waals surface area contributed by atoms with Crippen LogP contribution in [0, 0.1) is 0 Å². The molecule has 1 aliphatic rings. The monoisotopic (exact) mass is 346 g/mol. The number of rotatable bonds is 2. The molecule has 108 valence electrons. The molecular formula is C16H15BrN2O2. The lowest BCUT2D eigenvalue weighted by Crippen LogP contribution is -2.35. The number of nitrogens with zero attached hydrogens (tertiary/aromatic N) is 1. The Morgan fingerprint density at radius 3 is 2.81 bits per heavy atom. The van der Waals surface area contributed by atoms with Gasteiger partial charge in [0.25, 0.3) is 0 Å². The topological polar surface area (TPSA) is 52.6 Å².